The third kappa shape index (κ3) is 4.97. The van der Waals surface area contributed by atoms with E-state index < -0.39 is 0 Å². The molecule has 2 amide bonds. The van der Waals surface area contributed by atoms with E-state index in [0.29, 0.717) is 47.4 Å². The first-order valence-corrected chi connectivity index (χ1v) is 8.40. The smallest absolute Gasteiger partial charge is 0.271 e. The van der Waals surface area contributed by atoms with Gasteiger partial charge in [-0.25, -0.2) is 5.43 Å². The number of anilines is 2. The van der Waals surface area contributed by atoms with E-state index in [0.717, 1.165) is 0 Å². The number of nitrogens with two attached hydrogens (primary N) is 1. The number of carbonyl (C=O) groups is 2. The zero-order valence-corrected chi connectivity index (χ0v) is 14.8. The first-order valence-electron chi connectivity index (χ1n) is 8.40. The zero-order chi connectivity index (χ0) is 19.2. The van der Waals surface area contributed by atoms with Gasteiger partial charge < -0.3 is 20.5 Å². The third-order valence-corrected chi connectivity index (χ3v) is 3.76. The van der Waals surface area contributed by atoms with Crippen molar-refractivity contribution in [3.05, 3.63) is 48.0 Å². The zero-order valence-electron chi connectivity index (χ0n) is 14.8. The van der Waals surface area contributed by atoms with Crippen molar-refractivity contribution in [3.63, 3.8) is 0 Å². The summed E-state index contributed by atoms with van der Waals surface area (Å²) in [6, 6.07) is 11.7. The van der Waals surface area contributed by atoms with Crippen LogP contribution in [0.15, 0.2) is 47.6 Å². The molecule has 3 rings (SSSR count). The summed E-state index contributed by atoms with van der Waals surface area (Å²) in [5.41, 5.74) is 10.1. The standard InChI is InChI=1S/C19H20N4O4/c1-12(22-23-19(25)13-2-4-14(20)5-3-13)10-18(24)21-15-6-7-16-17(11-15)27-9-8-26-16/h2-7,11H,8-10,20H2,1H3,(H,21,24)(H,23,25)/b22-12-. The second-order valence-electron chi connectivity index (χ2n) is 5.99. The van der Waals surface area contributed by atoms with Gasteiger partial charge in [0.15, 0.2) is 11.5 Å². The number of nitrogen functional groups attached to an aromatic ring is 1. The highest BCUT2D eigenvalue weighted by molar-refractivity contribution is 6.06. The molecule has 8 nitrogen and oxygen atoms in total. The van der Waals surface area contributed by atoms with Gasteiger partial charge in [0.1, 0.15) is 13.2 Å². The lowest BCUT2D eigenvalue weighted by Crippen LogP contribution is -2.21. The number of hydrazone groups is 1. The molecule has 8 heteroatoms. The Bertz CT molecular complexity index is 878. The van der Waals surface area contributed by atoms with E-state index in [2.05, 4.69) is 15.8 Å². The van der Waals surface area contributed by atoms with E-state index in [1.54, 1.807) is 49.4 Å². The highest BCUT2D eigenvalue weighted by Gasteiger charge is 2.13. The molecule has 0 saturated carbocycles. The van der Waals surface area contributed by atoms with Crippen LogP contribution < -0.4 is 25.9 Å². The minimum absolute atomic E-state index is 0.0382. The average molecular weight is 368 g/mol. The number of rotatable bonds is 5. The van der Waals surface area contributed by atoms with Gasteiger partial charge in [-0.05, 0) is 43.3 Å². The van der Waals surface area contributed by atoms with Crippen molar-refractivity contribution in [2.75, 3.05) is 24.3 Å². The van der Waals surface area contributed by atoms with E-state index >= 15 is 0 Å². The molecular weight excluding hydrogens is 348 g/mol. The van der Waals surface area contributed by atoms with Gasteiger partial charge in [0.25, 0.3) is 5.91 Å². The highest BCUT2D eigenvalue weighted by atomic mass is 16.6. The van der Waals surface area contributed by atoms with Gasteiger partial charge in [0.05, 0.1) is 6.42 Å². The summed E-state index contributed by atoms with van der Waals surface area (Å²) >= 11 is 0. The number of nitrogens with one attached hydrogen (secondary N) is 2. The van der Waals surface area contributed by atoms with Gasteiger partial charge >= 0.3 is 0 Å². The van der Waals surface area contributed by atoms with E-state index in [1.807, 2.05) is 0 Å². The lowest BCUT2D eigenvalue weighted by Gasteiger charge is -2.19. The molecule has 0 unspecified atom stereocenters. The van der Waals surface area contributed by atoms with Crippen molar-refractivity contribution in [2.45, 2.75) is 13.3 Å². The second kappa shape index (κ2) is 8.22. The van der Waals surface area contributed by atoms with Crippen LogP contribution in [0.5, 0.6) is 11.5 Å². The molecule has 4 N–H and O–H groups in total. The molecule has 0 atom stereocenters. The number of ether oxygens (including phenoxy) is 2. The summed E-state index contributed by atoms with van der Waals surface area (Å²) in [4.78, 5) is 24.1. The van der Waals surface area contributed by atoms with Gasteiger partial charge in [-0.2, -0.15) is 5.10 Å². The Morgan fingerprint density at radius 3 is 2.52 bits per heavy atom. The number of nitrogens with zero attached hydrogens (tertiary/aromatic N) is 1. The summed E-state index contributed by atoms with van der Waals surface area (Å²) in [5, 5.41) is 6.72. The third-order valence-electron chi connectivity index (χ3n) is 3.76. The molecule has 0 aromatic heterocycles. The lowest BCUT2D eigenvalue weighted by atomic mass is 10.2. The second-order valence-corrected chi connectivity index (χ2v) is 5.99. The first kappa shape index (κ1) is 18.2. The van der Waals surface area contributed by atoms with Crippen LogP contribution in [-0.2, 0) is 4.79 Å². The molecule has 0 bridgehead atoms. The van der Waals surface area contributed by atoms with Gasteiger partial charge in [-0.15, -0.1) is 0 Å². The minimum atomic E-state index is -0.374. The van der Waals surface area contributed by atoms with Crippen LogP contribution in [0.2, 0.25) is 0 Å². The predicted molar refractivity (Wildman–Crippen MR) is 102 cm³/mol. The summed E-state index contributed by atoms with van der Waals surface area (Å²) in [7, 11) is 0. The molecule has 0 saturated heterocycles. The molecule has 140 valence electrons. The van der Waals surface area contributed by atoms with E-state index in [9.17, 15) is 9.59 Å². The summed E-state index contributed by atoms with van der Waals surface area (Å²) in [5.74, 6) is 0.624. The van der Waals surface area contributed by atoms with E-state index in [-0.39, 0.29) is 18.2 Å². The largest absolute Gasteiger partial charge is 0.486 e. The predicted octanol–water partition coefficient (Wildman–Crippen LogP) is 2.17. The molecular formula is C19H20N4O4. The fourth-order valence-corrected chi connectivity index (χ4v) is 2.44. The van der Waals surface area contributed by atoms with E-state index in [1.165, 1.54) is 0 Å². The lowest BCUT2D eigenvalue weighted by molar-refractivity contribution is -0.115. The maximum atomic E-state index is 12.2. The molecule has 27 heavy (non-hydrogen) atoms. The Morgan fingerprint density at radius 1 is 1.07 bits per heavy atom. The topological polar surface area (TPSA) is 115 Å². The molecule has 0 spiro atoms. The number of benzene rings is 2. The Kier molecular flexibility index (Phi) is 5.55. The van der Waals surface area contributed by atoms with Crippen molar-refractivity contribution in [3.8, 4) is 11.5 Å². The maximum Gasteiger partial charge on any atom is 0.271 e. The van der Waals surface area contributed by atoms with Gasteiger partial charge in [-0.3, -0.25) is 9.59 Å². The Morgan fingerprint density at radius 2 is 1.78 bits per heavy atom. The average Bonchev–Trinajstić information content (AvgIpc) is 2.66. The Hall–Kier alpha value is -3.55. The summed E-state index contributed by atoms with van der Waals surface area (Å²) < 4.78 is 10.9. The molecule has 1 aliphatic heterocycles. The number of fused-ring (bicyclic) bond motifs is 1. The van der Waals surface area contributed by atoms with Crippen LogP contribution in [-0.4, -0.2) is 30.7 Å². The number of amides is 2. The number of hydrogen-bond donors (Lipinski definition) is 3. The van der Waals surface area contributed by atoms with Crippen LogP contribution in [0.1, 0.15) is 23.7 Å². The minimum Gasteiger partial charge on any atom is -0.486 e. The van der Waals surface area contributed by atoms with Gasteiger partial charge in [0.2, 0.25) is 5.91 Å². The molecule has 0 fully saturated rings. The van der Waals surface area contributed by atoms with Gasteiger partial charge in [0, 0.05) is 28.7 Å². The molecule has 1 heterocycles. The molecule has 0 aliphatic carbocycles. The molecule has 0 radical (unpaired) electrons. The number of hydrogen-bond acceptors (Lipinski definition) is 6. The van der Waals surface area contributed by atoms with Crippen molar-refractivity contribution in [1.29, 1.82) is 0 Å². The highest BCUT2D eigenvalue weighted by Crippen LogP contribution is 2.32. The van der Waals surface area contributed by atoms with Crippen molar-refractivity contribution in [1.82, 2.24) is 5.43 Å². The summed E-state index contributed by atoms with van der Waals surface area (Å²) in [6.07, 6.45) is 0.0382. The van der Waals surface area contributed by atoms with E-state index in [4.69, 9.17) is 15.2 Å². The van der Waals surface area contributed by atoms with Crippen LogP contribution in [0.3, 0.4) is 0 Å². The summed E-state index contributed by atoms with van der Waals surface area (Å²) in [6.45, 7) is 2.65. The van der Waals surface area contributed by atoms with Crippen molar-refractivity contribution < 1.29 is 19.1 Å². The normalized spacial score (nSPS) is 13.0. The Labute approximate surface area is 156 Å². The number of carbonyl (C=O) groups excluding carboxylic acids is 2. The van der Waals surface area contributed by atoms with Crippen LogP contribution in [0.25, 0.3) is 0 Å². The fraction of sp³-hybridized carbons (Fsp3) is 0.211. The fourth-order valence-electron chi connectivity index (χ4n) is 2.44. The quantitative estimate of drug-likeness (QED) is 0.425. The SMILES string of the molecule is C/C(CC(=O)Nc1ccc2c(c1)OCCO2)=N/NC(=O)c1ccc(N)cc1. The molecule has 2 aromatic rings. The molecule has 1 aliphatic rings. The van der Waals surface area contributed by atoms with Crippen LogP contribution in [0.4, 0.5) is 11.4 Å². The van der Waals surface area contributed by atoms with Crippen LogP contribution >= 0.6 is 0 Å². The van der Waals surface area contributed by atoms with Crippen LogP contribution in [0, 0.1) is 0 Å². The Balaban J connectivity index is 1.53. The van der Waals surface area contributed by atoms with Gasteiger partial charge in [-0.1, -0.05) is 0 Å². The van der Waals surface area contributed by atoms with Crippen molar-refractivity contribution >= 4 is 28.9 Å². The first-order chi connectivity index (χ1) is 13.0. The molecule has 2 aromatic carbocycles. The van der Waals surface area contributed by atoms with Crippen molar-refractivity contribution in [2.24, 2.45) is 5.10 Å². The maximum absolute atomic E-state index is 12.2. The monoisotopic (exact) mass is 368 g/mol.